The first kappa shape index (κ1) is 17.3. The second-order valence-corrected chi connectivity index (χ2v) is 2.51. The Morgan fingerprint density at radius 1 is 1.14 bits per heavy atom. The maximum atomic E-state index is 10.1. The first-order chi connectivity index (χ1) is 5.91. The van der Waals surface area contributed by atoms with Gasteiger partial charge in [-0.05, 0) is 0 Å². The van der Waals surface area contributed by atoms with Crippen molar-refractivity contribution in [1.82, 2.24) is 0 Å². The number of aliphatic carboxylic acids is 1. The zero-order chi connectivity index (χ0) is 10.6. The fourth-order valence-corrected chi connectivity index (χ4v) is 0.668. The van der Waals surface area contributed by atoms with Gasteiger partial charge in [-0.25, -0.2) is 4.79 Å². The summed E-state index contributed by atoms with van der Waals surface area (Å²) >= 11 is 0. The molecule has 0 amide bonds. The Kier molecular flexibility index (Phi) is 10.0. The zero-order valence-electron chi connectivity index (χ0n) is 8.61. The topological polar surface area (TPSA) is 138 Å². The van der Waals surface area contributed by atoms with Crippen LogP contribution in [0.4, 0.5) is 0 Å². The van der Waals surface area contributed by atoms with E-state index in [-0.39, 0.29) is 52.8 Å². The van der Waals surface area contributed by atoms with E-state index < -0.39 is 37.0 Å². The molecular weight excluding hydrogens is 223 g/mol. The first-order valence-corrected chi connectivity index (χ1v) is 3.47. The van der Waals surface area contributed by atoms with Gasteiger partial charge in [-0.2, -0.15) is 0 Å². The molecular formula is C6H13KO7. The summed E-state index contributed by atoms with van der Waals surface area (Å²) in [7, 11) is 0. The molecule has 4 atom stereocenters. The van der Waals surface area contributed by atoms with Crippen molar-refractivity contribution >= 4 is 5.97 Å². The molecule has 7 nitrogen and oxygen atoms in total. The van der Waals surface area contributed by atoms with Gasteiger partial charge < -0.3 is 32.1 Å². The maximum absolute atomic E-state index is 10.1. The van der Waals surface area contributed by atoms with Gasteiger partial charge in [0.1, 0.15) is 18.3 Å². The summed E-state index contributed by atoms with van der Waals surface area (Å²) < 4.78 is 0. The third-order valence-corrected chi connectivity index (χ3v) is 1.51. The smallest absolute Gasteiger partial charge is 1.00 e. The Morgan fingerprint density at radius 2 is 1.57 bits per heavy atom. The largest absolute Gasteiger partial charge is 1.00 e. The van der Waals surface area contributed by atoms with Gasteiger partial charge >= 0.3 is 57.4 Å². The van der Waals surface area contributed by atoms with Gasteiger partial charge in [-0.3, -0.25) is 0 Å². The van der Waals surface area contributed by atoms with Gasteiger partial charge in [-0.15, -0.1) is 0 Å². The van der Waals surface area contributed by atoms with Crippen LogP contribution in [-0.2, 0) is 4.79 Å². The van der Waals surface area contributed by atoms with E-state index in [1.165, 1.54) is 0 Å². The van der Waals surface area contributed by atoms with Crippen molar-refractivity contribution in [3.05, 3.63) is 0 Å². The molecule has 0 saturated carbocycles. The summed E-state index contributed by atoms with van der Waals surface area (Å²) in [5, 5.41) is 51.8. The average Bonchev–Trinajstić information content (AvgIpc) is 2.12. The van der Waals surface area contributed by atoms with Crippen molar-refractivity contribution in [3.63, 3.8) is 0 Å². The van der Waals surface area contributed by atoms with Gasteiger partial charge in [0.05, 0.1) is 6.61 Å². The number of hydrogen-bond donors (Lipinski definition) is 6. The Balaban J connectivity index is -0.000000720. The van der Waals surface area contributed by atoms with Crippen LogP contribution in [0.15, 0.2) is 0 Å². The van der Waals surface area contributed by atoms with Crippen molar-refractivity contribution in [2.24, 2.45) is 0 Å². The Bertz CT molecular complexity index is 181. The van der Waals surface area contributed by atoms with Crippen LogP contribution < -0.4 is 51.4 Å². The van der Waals surface area contributed by atoms with E-state index in [0.717, 1.165) is 0 Å². The van der Waals surface area contributed by atoms with Gasteiger partial charge in [0.2, 0.25) is 0 Å². The van der Waals surface area contributed by atoms with E-state index in [1.807, 2.05) is 0 Å². The standard InChI is InChI=1S/C6H12O7.K.H/c7-1-2(8)3(9)4(10)5(11)6(12)13;;/h2-5,7-11H,1H2,(H,12,13);;/q;+1;-1/t2-,3-,4+,5-;;/m1../s1. The van der Waals surface area contributed by atoms with Crippen molar-refractivity contribution < 1.29 is 88.2 Å². The quantitative estimate of drug-likeness (QED) is 0.261. The summed E-state index contributed by atoms with van der Waals surface area (Å²) in [6.07, 6.45) is -7.84. The molecule has 0 aliphatic heterocycles. The predicted octanol–water partition coefficient (Wildman–Crippen LogP) is -6.38. The molecule has 0 fully saturated rings. The van der Waals surface area contributed by atoms with Gasteiger partial charge in [0, 0.05) is 0 Å². The van der Waals surface area contributed by atoms with Crippen LogP contribution in [0.5, 0.6) is 0 Å². The number of rotatable bonds is 5. The molecule has 0 bridgehead atoms. The normalized spacial score (nSPS) is 18.9. The Hall–Kier alpha value is 0.906. The van der Waals surface area contributed by atoms with Gasteiger partial charge in [0.25, 0.3) is 0 Å². The summed E-state index contributed by atoms with van der Waals surface area (Å²) in [5.74, 6) is -1.73. The second-order valence-electron chi connectivity index (χ2n) is 2.51. The average molecular weight is 236 g/mol. The minimum atomic E-state index is -2.20. The molecule has 0 heterocycles. The molecule has 0 aliphatic rings. The van der Waals surface area contributed by atoms with E-state index in [4.69, 9.17) is 30.6 Å². The monoisotopic (exact) mass is 236 g/mol. The van der Waals surface area contributed by atoms with Crippen molar-refractivity contribution in [2.45, 2.75) is 24.4 Å². The molecule has 0 radical (unpaired) electrons. The summed E-state index contributed by atoms with van der Waals surface area (Å²) in [5.41, 5.74) is 0. The fraction of sp³-hybridized carbons (Fsp3) is 0.833. The van der Waals surface area contributed by atoms with E-state index in [9.17, 15) is 4.79 Å². The molecule has 0 saturated heterocycles. The Labute approximate surface area is 124 Å². The number of carbonyl (C=O) groups is 1. The van der Waals surface area contributed by atoms with Crippen LogP contribution in [0, 0.1) is 0 Å². The van der Waals surface area contributed by atoms with Crippen LogP contribution in [0.1, 0.15) is 1.43 Å². The molecule has 0 spiro atoms. The minimum Gasteiger partial charge on any atom is -1.00 e. The molecule has 0 unspecified atom stereocenters. The second kappa shape index (κ2) is 8.10. The van der Waals surface area contributed by atoms with Crippen molar-refractivity contribution in [2.75, 3.05) is 6.61 Å². The summed E-state index contributed by atoms with van der Waals surface area (Å²) in [6, 6.07) is 0. The Morgan fingerprint density at radius 3 is 1.86 bits per heavy atom. The van der Waals surface area contributed by atoms with E-state index >= 15 is 0 Å². The van der Waals surface area contributed by atoms with Crippen LogP contribution in [-0.4, -0.2) is 67.6 Å². The van der Waals surface area contributed by atoms with Gasteiger partial charge in [-0.1, -0.05) is 0 Å². The number of hydrogen-bond acceptors (Lipinski definition) is 6. The molecule has 0 aromatic carbocycles. The first-order valence-electron chi connectivity index (χ1n) is 3.47. The molecule has 14 heavy (non-hydrogen) atoms. The molecule has 0 aromatic rings. The number of carboxylic acids is 1. The van der Waals surface area contributed by atoms with Crippen molar-refractivity contribution in [3.8, 4) is 0 Å². The summed E-state index contributed by atoms with van der Waals surface area (Å²) in [4.78, 5) is 10.1. The number of aliphatic hydroxyl groups excluding tert-OH is 5. The van der Waals surface area contributed by atoms with Crippen LogP contribution in [0.3, 0.4) is 0 Å². The predicted molar refractivity (Wildman–Crippen MR) is 39.9 cm³/mol. The zero-order valence-corrected chi connectivity index (χ0v) is 10.7. The fourth-order valence-electron chi connectivity index (χ4n) is 0.668. The number of aliphatic hydroxyl groups is 5. The maximum Gasteiger partial charge on any atom is 1.00 e. The molecule has 0 aliphatic carbocycles. The SMILES string of the molecule is O=C(O)[C@H](O)[C@@H](O)[C@H](O)[C@H](O)CO.[H-].[K+]. The summed E-state index contributed by atoms with van der Waals surface area (Å²) in [6.45, 7) is -0.843. The van der Waals surface area contributed by atoms with E-state index in [2.05, 4.69) is 0 Å². The van der Waals surface area contributed by atoms with Crippen LogP contribution >= 0.6 is 0 Å². The number of carboxylic acid groups (broad SMARTS) is 1. The van der Waals surface area contributed by atoms with Crippen LogP contribution in [0.2, 0.25) is 0 Å². The van der Waals surface area contributed by atoms with E-state index in [0.29, 0.717) is 0 Å². The molecule has 80 valence electrons. The third kappa shape index (κ3) is 5.12. The molecule has 6 N–H and O–H groups in total. The molecule has 0 aromatic heterocycles. The van der Waals surface area contributed by atoms with Gasteiger partial charge in [0.15, 0.2) is 6.10 Å². The minimum absolute atomic E-state index is 0. The van der Waals surface area contributed by atoms with E-state index in [1.54, 1.807) is 0 Å². The van der Waals surface area contributed by atoms with Crippen LogP contribution in [0.25, 0.3) is 0 Å². The third-order valence-electron chi connectivity index (χ3n) is 1.51. The van der Waals surface area contributed by atoms with Crippen molar-refractivity contribution in [1.29, 1.82) is 0 Å². The molecule has 0 rings (SSSR count). The molecule has 8 heteroatoms.